The highest BCUT2D eigenvalue weighted by molar-refractivity contribution is 6.06. The Kier molecular flexibility index (Phi) is 8.24. The van der Waals surface area contributed by atoms with Crippen LogP contribution in [0.1, 0.15) is 50.0 Å². The van der Waals surface area contributed by atoms with Crippen LogP contribution in [-0.4, -0.2) is 39.3 Å². The molecule has 0 saturated carbocycles. The van der Waals surface area contributed by atoms with Crippen molar-refractivity contribution in [1.82, 2.24) is 25.4 Å². The van der Waals surface area contributed by atoms with Crippen molar-refractivity contribution in [2.45, 2.75) is 51.7 Å². The molecule has 0 aliphatic carbocycles. The zero-order chi connectivity index (χ0) is 19.7. The van der Waals surface area contributed by atoms with Gasteiger partial charge in [-0.3, -0.25) is 4.79 Å². The third-order valence-corrected chi connectivity index (χ3v) is 5.33. The van der Waals surface area contributed by atoms with Gasteiger partial charge in [0.2, 0.25) is 0 Å². The van der Waals surface area contributed by atoms with Gasteiger partial charge in [0.05, 0.1) is 22.8 Å². The van der Waals surface area contributed by atoms with Crippen molar-refractivity contribution in [3.8, 4) is 11.3 Å². The lowest BCUT2D eigenvalue weighted by molar-refractivity contribution is 0.0927. The van der Waals surface area contributed by atoms with E-state index < -0.39 is 0 Å². The first-order valence-electron chi connectivity index (χ1n) is 10.0. The van der Waals surface area contributed by atoms with Gasteiger partial charge in [0.1, 0.15) is 0 Å². The minimum Gasteiger partial charge on any atom is -0.349 e. The number of benzene rings is 1. The van der Waals surface area contributed by atoms with E-state index in [0.29, 0.717) is 11.6 Å². The fraction of sp³-hybridized carbons (Fsp3) is 0.409. The van der Waals surface area contributed by atoms with Gasteiger partial charge in [0, 0.05) is 23.7 Å². The monoisotopic (exact) mass is 449 g/mol. The highest BCUT2D eigenvalue weighted by Gasteiger charge is 2.23. The third kappa shape index (κ3) is 4.94. The van der Waals surface area contributed by atoms with E-state index in [-0.39, 0.29) is 42.8 Å². The minimum atomic E-state index is -0.0491. The number of halogens is 2. The molecule has 3 heterocycles. The predicted octanol–water partition coefficient (Wildman–Crippen LogP) is 4.39. The molecule has 30 heavy (non-hydrogen) atoms. The second-order valence-corrected chi connectivity index (χ2v) is 7.89. The molecule has 1 amide bonds. The van der Waals surface area contributed by atoms with Gasteiger partial charge in [-0.25, -0.2) is 9.67 Å². The summed E-state index contributed by atoms with van der Waals surface area (Å²) in [5.74, 6) is -0.0491. The maximum Gasteiger partial charge on any atom is 0.252 e. The topological polar surface area (TPSA) is 71.8 Å². The number of hydrogen-bond donors (Lipinski definition) is 2. The molecule has 2 aromatic heterocycles. The van der Waals surface area contributed by atoms with E-state index in [4.69, 9.17) is 4.98 Å². The molecule has 8 heteroatoms. The van der Waals surface area contributed by atoms with Crippen LogP contribution in [0.3, 0.4) is 0 Å². The standard InChI is InChI=1S/C22H27N5O.2ClH/c1-14(2)27-21-19(13-24-27)18(12-20(26-21)16-7-5-4-6-8-16)22(28)25-17-9-10-23-15(3)11-17;;/h4-8,12-15,17,23H,9-11H2,1-3H3,(H,25,28);2*1H. The molecular formula is C22H29Cl2N5O. The van der Waals surface area contributed by atoms with Crippen LogP contribution in [0.25, 0.3) is 22.3 Å². The van der Waals surface area contributed by atoms with Crippen molar-refractivity contribution in [1.29, 1.82) is 0 Å². The SMILES string of the molecule is CC1CC(NC(=O)c2cc(-c3ccccc3)nc3c2cnn3C(C)C)CCN1.Cl.Cl. The highest BCUT2D eigenvalue weighted by atomic mass is 35.5. The fourth-order valence-corrected chi connectivity index (χ4v) is 3.87. The van der Waals surface area contributed by atoms with Crippen molar-refractivity contribution < 1.29 is 4.79 Å². The Morgan fingerprint density at radius 2 is 1.97 bits per heavy atom. The number of carbonyl (C=O) groups is 1. The molecule has 2 atom stereocenters. The Balaban J connectivity index is 0.00000160. The molecule has 3 aromatic rings. The number of aromatic nitrogens is 3. The molecule has 1 aromatic carbocycles. The summed E-state index contributed by atoms with van der Waals surface area (Å²) in [5.41, 5.74) is 3.17. The van der Waals surface area contributed by atoms with Gasteiger partial charge in [0.25, 0.3) is 5.91 Å². The van der Waals surface area contributed by atoms with Gasteiger partial charge < -0.3 is 10.6 Å². The summed E-state index contributed by atoms with van der Waals surface area (Å²) in [7, 11) is 0. The van der Waals surface area contributed by atoms with Crippen molar-refractivity contribution in [3.05, 3.63) is 48.2 Å². The minimum absolute atomic E-state index is 0. The lowest BCUT2D eigenvalue weighted by atomic mass is 9.99. The summed E-state index contributed by atoms with van der Waals surface area (Å²) in [4.78, 5) is 18.0. The second kappa shape index (κ2) is 10.2. The van der Waals surface area contributed by atoms with Crippen LogP contribution in [-0.2, 0) is 0 Å². The smallest absolute Gasteiger partial charge is 0.252 e. The number of piperidine rings is 1. The van der Waals surface area contributed by atoms with Gasteiger partial charge in [0.15, 0.2) is 5.65 Å². The van der Waals surface area contributed by atoms with Crippen molar-refractivity contribution in [2.24, 2.45) is 0 Å². The first-order valence-corrected chi connectivity index (χ1v) is 10.0. The molecular weight excluding hydrogens is 421 g/mol. The molecule has 162 valence electrons. The predicted molar refractivity (Wildman–Crippen MR) is 126 cm³/mol. The largest absolute Gasteiger partial charge is 0.349 e. The Bertz CT molecular complexity index is 990. The lowest BCUT2D eigenvalue weighted by Crippen LogP contribution is -2.46. The van der Waals surface area contributed by atoms with Gasteiger partial charge in [-0.15, -0.1) is 24.8 Å². The summed E-state index contributed by atoms with van der Waals surface area (Å²) in [6.07, 6.45) is 3.65. The molecule has 1 aliphatic rings. The Labute approximate surface area is 189 Å². The van der Waals surface area contributed by atoms with Gasteiger partial charge in [-0.1, -0.05) is 30.3 Å². The Hall–Kier alpha value is -2.15. The first kappa shape index (κ1) is 24.1. The summed E-state index contributed by atoms with van der Waals surface area (Å²) < 4.78 is 1.88. The van der Waals surface area contributed by atoms with Gasteiger partial charge >= 0.3 is 0 Å². The normalized spacial score (nSPS) is 18.5. The van der Waals surface area contributed by atoms with E-state index >= 15 is 0 Å². The van der Waals surface area contributed by atoms with E-state index in [1.54, 1.807) is 6.20 Å². The molecule has 1 saturated heterocycles. The average molecular weight is 450 g/mol. The maximum absolute atomic E-state index is 13.2. The summed E-state index contributed by atoms with van der Waals surface area (Å²) in [5, 5.41) is 12.0. The number of rotatable bonds is 4. The summed E-state index contributed by atoms with van der Waals surface area (Å²) in [6, 6.07) is 12.6. The Morgan fingerprint density at radius 3 is 2.63 bits per heavy atom. The number of nitrogens with one attached hydrogen (secondary N) is 2. The van der Waals surface area contributed by atoms with E-state index in [0.717, 1.165) is 41.7 Å². The van der Waals surface area contributed by atoms with Gasteiger partial charge in [-0.2, -0.15) is 5.10 Å². The van der Waals surface area contributed by atoms with Crippen LogP contribution in [0, 0.1) is 0 Å². The number of amides is 1. The number of carbonyl (C=O) groups excluding carboxylic acids is 1. The fourth-order valence-electron chi connectivity index (χ4n) is 3.87. The quantitative estimate of drug-likeness (QED) is 0.619. The molecule has 0 bridgehead atoms. The van der Waals surface area contributed by atoms with Crippen molar-refractivity contribution >= 4 is 41.8 Å². The first-order chi connectivity index (χ1) is 13.5. The molecule has 0 spiro atoms. The van der Waals surface area contributed by atoms with Gasteiger partial charge in [-0.05, 0) is 46.2 Å². The molecule has 2 N–H and O–H groups in total. The van der Waals surface area contributed by atoms with Crippen LogP contribution >= 0.6 is 24.8 Å². The maximum atomic E-state index is 13.2. The van der Waals surface area contributed by atoms with E-state index in [1.165, 1.54) is 0 Å². The third-order valence-electron chi connectivity index (χ3n) is 5.33. The Morgan fingerprint density at radius 1 is 1.23 bits per heavy atom. The zero-order valence-corrected chi connectivity index (χ0v) is 19.1. The highest BCUT2D eigenvalue weighted by Crippen LogP contribution is 2.26. The van der Waals surface area contributed by atoms with Crippen LogP contribution < -0.4 is 10.6 Å². The number of fused-ring (bicyclic) bond motifs is 1. The molecule has 6 nitrogen and oxygen atoms in total. The van der Waals surface area contributed by atoms with E-state index in [2.05, 4.69) is 36.5 Å². The number of hydrogen-bond acceptors (Lipinski definition) is 4. The number of nitrogens with zero attached hydrogens (tertiary/aromatic N) is 3. The molecule has 4 rings (SSSR count). The molecule has 1 aliphatic heterocycles. The van der Waals surface area contributed by atoms with Crippen LogP contribution in [0.15, 0.2) is 42.6 Å². The van der Waals surface area contributed by atoms with E-state index in [1.807, 2.05) is 41.1 Å². The number of pyridine rings is 1. The summed E-state index contributed by atoms with van der Waals surface area (Å²) >= 11 is 0. The summed E-state index contributed by atoms with van der Waals surface area (Å²) in [6.45, 7) is 7.22. The molecule has 0 radical (unpaired) electrons. The average Bonchev–Trinajstić information content (AvgIpc) is 3.12. The van der Waals surface area contributed by atoms with Crippen LogP contribution in [0.4, 0.5) is 0 Å². The van der Waals surface area contributed by atoms with Crippen molar-refractivity contribution in [3.63, 3.8) is 0 Å². The second-order valence-electron chi connectivity index (χ2n) is 7.89. The van der Waals surface area contributed by atoms with Crippen LogP contribution in [0.2, 0.25) is 0 Å². The van der Waals surface area contributed by atoms with Crippen molar-refractivity contribution in [2.75, 3.05) is 6.54 Å². The van der Waals surface area contributed by atoms with Crippen LogP contribution in [0.5, 0.6) is 0 Å². The van der Waals surface area contributed by atoms with E-state index in [9.17, 15) is 4.79 Å². The molecule has 1 fully saturated rings. The lowest BCUT2D eigenvalue weighted by Gasteiger charge is -2.28. The molecule has 2 unspecified atom stereocenters. The zero-order valence-electron chi connectivity index (χ0n) is 17.5.